The fourth-order valence-corrected chi connectivity index (χ4v) is 1.76. The number of amides is 1. The average molecular weight is 265 g/mol. The average Bonchev–Trinajstić information content (AvgIpc) is 2.43. The van der Waals surface area contributed by atoms with Crippen LogP contribution in [-0.4, -0.2) is 19.0 Å². The minimum Gasteiger partial charge on any atom is -0.469 e. The van der Waals surface area contributed by atoms with E-state index in [9.17, 15) is 9.59 Å². The first-order valence-corrected chi connectivity index (χ1v) is 6.64. The van der Waals surface area contributed by atoms with Crippen LogP contribution in [0, 0.1) is 0 Å². The minimum atomic E-state index is -0.165. The zero-order chi connectivity index (χ0) is 13.9. The van der Waals surface area contributed by atoms with E-state index in [2.05, 4.69) is 10.1 Å². The molecule has 0 aromatic heterocycles. The lowest BCUT2D eigenvalue weighted by Crippen LogP contribution is -2.10. The number of hydrogen-bond acceptors (Lipinski definition) is 3. The summed E-state index contributed by atoms with van der Waals surface area (Å²) in [7, 11) is 1.40. The summed E-state index contributed by atoms with van der Waals surface area (Å²) in [5.74, 6) is -0.124. The second kappa shape index (κ2) is 9.14. The van der Waals surface area contributed by atoms with E-state index in [1.165, 1.54) is 7.11 Å². The molecular weight excluding hydrogens is 244 g/mol. The lowest BCUT2D eigenvalue weighted by atomic mass is 10.1. The molecular formula is C15H21NO3. The number of unbranched alkanes of at least 4 members (excludes halogenated alkanes) is 3. The number of anilines is 1. The summed E-state index contributed by atoms with van der Waals surface area (Å²) in [5, 5.41) is 2.85. The number of para-hydroxylation sites is 1. The first-order chi connectivity index (χ1) is 9.22. The molecule has 0 aliphatic carbocycles. The molecule has 0 unspecified atom stereocenters. The lowest BCUT2D eigenvalue weighted by molar-refractivity contribution is -0.140. The highest BCUT2D eigenvalue weighted by atomic mass is 16.5. The van der Waals surface area contributed by atoms with Gasteiger partial charge >= 0.3 is 5.97 Å². The summed E-state index contributed by atoms with van der Waals surface area (Å²) in [5.41, 5.74) is 0.832. The summed E-state index contributed by atoms with van der Waals surface area (Å²) in [4.78, 5) is 22.5. The van der Waals surface area contributed by atoms with E-state index >= 15 is 0 Å². The van der Waals surface area contributed by atoms with E-state index < -0.39 is 0 Å². The van der Waals surface area contributed by atoms with Gasteiger partial charge < -0.3 is 10.1 Å². The van der Waals surface area contributed by atoms with Crippen molar-refractivity contribution in [3.63, 3.8) is 0 Å². The van der Waals surface area contributed by atoms with Crippen molar-refractivity contribution in [2.75, 3.05) is 12.4 Å². The molecule has 4 heteroatoms. The highest BCUT2D eigenvalue weighted by Crippen LogP contribution is 2.09. The number of ether oxygens (including phenoxy) is 1. The smallest absolute Gasteiger partial charge is 0.305 e. The van der Waals surface area contributed by atoms with Gasteiger partial charge in [0, 0.05) is 18.5 Å². The predicted octanol–water partition coefficient (Wildman–Crippen LogP) is 3.14. The van der Waals surface area contributed by atoms with Gasteiger partial charge in [0.15, 0.2) is 0 Å². The minimum absolute atomic E-state index is 0.0409. The van der Waals surface area contributed by atoms with E-state index in [0.717, 1.165) is 31.4 Å². The molecule has 1 aromatic carbocycles. The van der Waals surface area contributed by atoms with Gasteiger partial charge in [-0.2, -0.15) is 0 Å². The van der Waals surface area contributed by atoms with Crippen LogP contribution >= 0.6 is 0 Å². The van der Waals surface area contributed by atoms with Gasteiger partial charge in [-0.05, 0) is 25.0 Å². The third-order valence-corrected chi connectivity index (χ3v) is 2.82. The normalized spacial score (nSPS) is 9.95. The number of carbonyl (C=O) groups excluding carboxylic acids is 2. The zero-order valence-electron chi connectivity index (χ0n) is 11.4. The van der Waals surface area contributed by atoms with Crippen molar-refractivity contribution >= 4 is 17.6 Å². The molecule has 0 heterocycles. The van der Waals surface area contributed by atoms with Gasteiger partial charge in [-0.3, -0.25) is 9.59 Å². The molecule has 1 aromatic rings. The molecule has 1 N–H and O–H groups in total. The summed E-state index contributed by atoms with van der Waals surface area (Å²) in [6, 6.07) is 9.43. The molecule has 0 aliphatic heterocycles. The Morgan fingerprint density at radius 3 is 2.26 bits per heavy atom. The predicted molar refractivity (Wildman–Crippen MR) is 74.8 cm³/mol. The van der Waals surface area contributed by atoms with Gasteiger partial charge in [0.05, 0.1) is 7.11 Å². The van der Waals surface area contributed by atoms with E-state index in [1.807, 2.05) is 30.3 Å². The molecule has 4 nitrogen and oxygen atoms in total. The van der Waals surface area contributed by atoms with Crippen LogP contribution in [0.5, 0.6) is 0 Å². The Morgan fingerprint density at radius 2 is 1.63 bits per heavy atom. The molecule has 0 spiro atoms. The molecule has 104 valence electrons. The highest BCUT2D eigenvalue weighted by Gasteiger charge is 2.03. The SMILES string of the molecule is COC(=O)CCCCCCC(=O)N[14c]1ccccc1. The monoisotopic (exact) mass is 265 g/mol. The van der Waals surface area contributed by atoms with Crippen LogP contribution in [0.4, 0.5) is 5.69 Å². The number of hydrogen-bond donors (Lipinski definition) is 1. The number of rotatable bonds is 8. The van der Waals surface area contributed by atoms with Gasteiger partial charge in [0.1, 0.15) is 0 Å². The topological polar surface area (TPSA) is 55.4 Å². The first-order valence-electron chi connectivity index (χ1n) is 6.64. The molecule has 0 atom stereocenters. The van der Waals surface area contributed by atoms with E-state index in [-0.39, 0.29) is 11.9 Å². The largest absolute Gasteiger partial charge is 0.469 e. The van der Waals surface area contributed by atoms with Crippen LogP contribution in [0.25, 0.3) is 0 Å². The Kier molecular flexibility index (Phi) is 7.32. The molecule has 0 saturated heterocycles. The number of benzene rings is 1. The van der Waals surface area contributed by atoms with Gasteiger partial charge in [-0.25, -0.2) is 0 Å². The molecule has 0 bridgehead atoms. The summed E-state index contributed by atoms with van der Waals surface area (Å²) >= 11 is 0. The Labute approximate surface area is 114 Å². The third kappa shape index (κ3) is 7.24. The maximum atomic E-state index is 11.6. The number of nitrogens with one attached hydrogen (secondary N) is 1. The molecule has 1 amide bonds. The Balaban J connectivity index is 2.03. The van der Waals surface area contributed by atoms with E-state index in [1.54, 1.807) is 0 Å². The summed E-state index contributed by atoms with van der Waals surface area (Å²) < 4.78 is 4.56. The Morgan fingerprint density at radius 1 is 1.00 bits per heavy atom. The fourth-order valence-electron chi connectivity index (χ4n) is 1.76. The van der Waals surface area contributed by atoms with Crippen molar-refractivity contribution in [3.05, 3.63) is 30.3 Å². The lowest BCUT2D eigenvalue weighted by Gasteiger charge is -2.04. The van der Waals surface area contributed by atoms with Gasteiger partial charge in [-0.15, -0.1) is 0 Å². The number of esters is 1. The molecule has 1 rings (SSSR count). The van der Waals surface area contributed by atoms with E-state index in [0.29, 0.717) is 12.8 Å². The van der Waals surface area contributed by atoms with Crippen molar-refractivity contribution in [2.45, 2.75) is 38.5 Å². The van der Waals surface area contributed by atoms with Crippen LogP contribution in [0.15, 0.2) is 30.3 Å². The third-order valence-electron chi connectivity index (χ3n) is 2.82. The van der Waals surface area contributed by atoms with Crippen LogP contribution in [-0.2, 0) is 14.3 Å². The highest BCUT2D eigenvalue weighted by molar-refractivity contribution is 5.90. The van der Waals surface area contributed by atoms with Gasteiger partial charge in [0.2, 0.25) is 5.91 Å². The van der Waals surface area contributed by atoms with Crippen LogP contribution in [0.3, 0.4) is 0 Å². The van der Waals surface area contributed by atoms with Crippen LogP contribution < -0.4 is 5.32 Å². The summed E-state index contributed by atoms with van der Waals surface area (Å²) in [6.07, 6.45) is 4.57. The number of methoxy groups -OCH3 is 1. The second-order valence-electron chi connectivity index (χ2n) is 4.40. The maximum Gasteiger partial charge on any atom is 0.305 e. The Hall–Kier alpha value is -1.84. The van der Waals surface area contributed by atoms with Gasteiger partial charge in [-0.1, -0.05) is 31.0 Å². The standard InChI is InChI=1S/C15H21NO3/c1-19-15(18)12-8-3-2-7-11-14(17)16-13-9-5-4-6-10-13/h4-6,9-10H,2-3,7-8,11-12H2,1H3,(H,16,17)/i13+2. The van der Waals surface area contributed by atoms with E-state index in [4.69, 9.17) is 0 Å². The second-order valence-corrected chi connectivity index (χ2v) is 4.40. The first kappa shape index (κ1) is 15.2. The molecule has 19 heavy (non-hydrogen) atoms. The Bertz CT molecular complexity index is 390. The zero-order valence-corrected chi connectivity index (χ0v) is 11.4. The molecule has 0 fully saturated rings. The number of carbonyl (C=O) groups is 2. The molecule has 0 saturated carbocycles. The molecule has 0 aliphatic rings. The van der Waals surface area contributed by atoms with Crippen molar-refractivity contribution in [3.8, 4) is 0 Å². The van der Waals surface area contributed by atoms with Crippen molar-refractivity contribution < 1.29 is 14.3 Å². The van der Waals surface area contributed by atoms with Crippen LogP contribution in [0.1, 0.15) is 38.5 Å². The summed E-state index contributed by atoms with van der Waals surface area (Å²) in [6.45, 7) is 0. The van der Waals surface area contributed by atoms with Crippen molar-refractivity contribution in [1.82, 2.24) is 0 Å². The van der Waals surface area contributed by atoms with Crippen molar-refractivity contribution in [1.29, 1.82) is 0 Å². The molecule has 0 radical (unpaired) electrons. The van der Waals surface area contributed by atoms with Crippen molar-refractivity contribution in [2.24, 2.45) is 0 Å². The quantitative estimate of drug-likeness (QED) is 0.580. The maximum absolute atomic E-state index is 11.6. The van der Waals surface area contributed by atoms with Gasteiger partial charge in [0.25, 0.3) is 0 Å². The fraction of sp³-hybridized carbons (Fsp3) is 0.467. The van der Waals surface area contributed by atoms with Crippen LogP contribution in [0.2, 0.25) is 0 Å².